The fourth-order valence-electron chi connectivity index (χ4n) is 6.80. The van der Waals surface area contributed by atoms with Crippen molar-refractivity contribution in [2.45, 2.75) is 64.0 Å². The molecular weight excluding hydrogens is 624 g/mol. The lowest BCUT2D eigenvalue weighted by Gasteiger charge is -2.32. The predicted octanol–water partition coefficient (Wildman–Crippen LogP) is 2.43. The minimum Gasteiger partial charge on any atom is -0.354 e. The first-order chi connectivity index (χ1) is 23.6. The van der Waals surface area contributed by atoms with Crippen LogP contribution in [0, 0.1) is 18.8 Å². The molecule has 2 atom stereocenters. The van der Waals surface area contributed by atoms with Crippen LogP contribution >= 0.6 is 0 Å². The van der Waals surface area contributed by atoms with Crippen molar-refractivity contribution < 1.29 is 19.2 Å². The third-order valence-corrected chi connectivity index (χ3v) is 9.70. The maximum atomic E-state index is 14.0. The summed E-state index contributed by atoms with van der Waals surface area (Å²) in [6.07, 6.45) is 6.14. The predicted molar refractivity (Wildman–Crippen MR) is 186 cm³/mol. The van der Waals surface area contributed by atoms with Gasteiger partial charge in [0.15, 0.2) is 0 Å². The molecule has 2 aliphatic rings. The van der Waals surface area contributed by atoms with Crippen LogP contribution in [0.4, 0.5) is 5.69 Å². The number of piperidine rings is 1. The third-order valence-electron chi connectivity index (χ3n) is 9.70. The minimum atomic E-state index is -1.01. The number of anilines is 1. The smallest absolute Gasteiger partial charge is 0.323 e. The van der Waals surface area contributed by atoms with Gasteiger partial charge in [-0.05, 0) is 105 Å². The van der Waals surface area contributed by atoms with Gasteiger partial charge < -0.3 is 32.1 Å². The molecule has 2 aromatic carbocycles. The van der Waals surface area contributed by atoms with Crippen LogP contribution in [0.1, 0.15) is 60.1 Å². The Labute approximate surface area is 283 Å². The summed E-state index contributed by atoms with van der Waals surface area (Å²) in [6.45, 7) is 3.07. The van der Waals surface area contributed by atoms with E-state index in [9.17, 15) is 24.0 Å². The van der Waals surface area contributed by atoms with Crippen molar-refractivity contribution in [2.24, 2.45) is 23.3 Å². The van der Waals surface area contributed by atoms with E-state index in [1.165, 1.54) is 4.90 Å². The molecule has 1 saturated heterocycles. The second kappa shape index (κ2) is 14.5. The van der Waals surface area contributed by atoms with Gasteiger partial charge >= 0.3 is 5.69 Å². The average molecular weight is 667 g/mol. The molecule has 8 N–H and O–H groups in total. The molecule has 4 aromatic rings. The van der Waals surface area contributed by atoms with Crippen LogP contribution in [0.25, 0.3) is 22.2 Å². The molecule has 4 amide bonds. The van der Waals surface area contributed by atoms with E-state index < -0.39 is 23.9 Å². The number of carbonyl (C=O) groups is 4. The molecule has 3 heterocycles. The van der Waals surface area contributed by atoms with Gasteiger partial charge in [-0.1, -0.05) is 24.3 Å². The largest absolute Gasteiger partial charge is 0.354 e. The Morgan fingerprint density at radius 2 is 1.71 bits per heavy atom. The van der Waals surface area contributed by atoms with Crippen molar-refractivity contribution in [3.8, 4) is 11.1 Å². The molecule has 1 aliphatic heterocycles. The quantitative estimate of drug-likeness (QED) is 0.156. The number of amides is 4. The second-order valence-electron chi connectivity index (χ2n) is 13.1. The number of imidazole rings is 1. The molecule has 49 heavy (non-hydrogen) atoms. The molecule has 2 aromatic heterocycles. The van der Waals surface area contributed by atoms with E-state index in [0.717, 1.165) is 41.5 Å². The first-order valence-corrected chi connectivity index (χ1v) is 16.8. The van der Waals surface area contributed by atoms with E-state index in [-0.39, 0.29) is 35.5 Å². The molecule has 0 radical (unpaired) electrons. The number of H-pyrrole nitrogens is 2. The van der Waals surface area contributed by atoms with Gasteiger partial charge in [0.05, 0.1) is 22.8 Å². The normalized spacial score (nSPS) is 20.0. The number of benzene rings is 2. The molecular formula is C36H42N8O5. The number of aromatic amines is 2. The van der Waals surface area contributed by atoms with Gasteiger partial charge in [0.2, 0.25) is 11.8 Å². The number of rotatable bonds is 9. The molecule has 2 fully saturated rings. The van der Waals surface area contributed by atoms with Gasteiger partial charge in [0, 0.05) is 24.2 Å². The minimum absolute atomic E-state index is 0.185. The van der Waals surface area contributed by atoms with Crippen LogP contribution in [-0.2, 0) is 20.8 Å². The zero-order valence-corrected chi connectivity index (χ0v) is 27.5. The van der Waals surface area contributed by atoms with Gasteiger partial charge in [-0.3, -0.25) is 24.2 Å². The molecule has 13 nitrogen and oxygen atoms in total. The van der Waals surface area contributed by atoms with E-state index in [1.54, 1.807) is 30.5 Å². The Morgan fingerprint density at radius 1 is 0.980 bits per heavy atom. The van der Waals surface area contributed by atoms with Crippen LogP contribution in [0.3, 0.4) is 0 Å². The van der Waals surface area contributed by atoms with Crippen LogP contribution < -0.4 is 32.7 Å². The maximum Gasteiger partial charge on any atom is 0.323 e. The molecule has 256 valence electrons. The summed E-state index contributed by atoms with van der Waals surface area (Å²) in [6, 6.07) is 12.6. The molecule has 0 unspecified atom stereocenters. The fourth-order valence-corrected chi connectivity index (χ4v) is 6.80. The molecule has 6 rings (SSSR count). The number of imide groups is 1. The van der Waals surface area contributed by atoms with Crippen LogP contribution in [0.15, 0.2) is 59.5 Å². The number of aryl methyl sites for hydroxylation is 1. The standard InChI is InChI=1S/C36H42N8O5/c1-20-15-31(33(46)41-29-3-2-14-39-32(29)45)40-19-26(20)23-8-4-21(5-9-23)16-27(38)35(48)44(34(47)24-10-6-22(18-37)7-11-24)25-12-13-28-30(17-25)43-36(49)42-28/h4-5,8-9,12-13,15,17,19,22,24,27,29H,2-3,6-7,10-11,14,16,18,37-38H2,1H3,(H,39,45)(H,41,46)(H2,42,43,49)/t22?,24?,27-,29+/m0/s1. The molecule has 1 saturated carbocycles. The summed E-state index contributed by atoms with van der Waals surface area (Å²) in [7, 11) is 0. The number of hydrogen-bond acceptors (Lipinski definition) is 8. The van der Waals surface area contributed by atoms with E-state index in [0.29, 0.717) is 55.0 Å². The summed E-state index contributed by atoms with van der Waals surface area (Å²) in [4.78, 5) is 75.6. The highest BCUT2D eigenvalue weighted by Crippen LogP contribution is 2.32. The van der Waals surface area contributed by atoms with Crippen LogP contribution in [0.2, 0.25) is 0 Å². The maximum absolute atomic E-state index is 14.0. The van der Waals surface area contributed by atoms with Gasteiger partial charge in [-0.25, -0.2) is 9.69 Å². The van der Waals surface area contributed by atoms with E-state index in [4.69, 9.17) is 11.5 Å². The lowest BCUT2D eigenvalue weighted by Crippen LogP contribution is -2.50. The lowest BCUT2D eigenvalue weighted by atomic mass is 9.81. The number of pyridine rings is 1. The summed E-state index contributed by atoms with van der Waals surface area (Å²) in [5, 5.41) is 5.53. The second-order valence-corrected chi connectivity index (χ2v) is 13.1. The molecule has 0 bridgehead atoms. The van der Waals surface area contributed by atoms with Crippen molar-refractivity contribution in [3.63, 3.8) is 0 Å². The number of fused-ring (bicyclic) bond motifs is 1. The lowest BCUT2D eigenvalue weighted by molar-refractivity contribution is -0.130. The first kappa shape index (κ1) is 33.7. The summed E-state index contributed by atoms with van der Waals surface area (Å²) in [5.41, 5.74) is 17.0. The number of aromatic nitrogens is 3. The number of nitrogens with two attached hydrogens (primary N) is 2. The molecule has 1 aliphatic carbocycles. The zero-order valence-electron chi connectivity index (χ0n) is 27.5. The Morgan fingerprint density at radius 3 is 2.41 bits per heavy atom. The van der Waals surface area contributed by atoms with E-state index >= 15 is 0 Å². The first-order valence-electron chi connectivity index (χ1n) is 16.8. The van der Waals surface area contributed by atoms with Crippen LogP contribution in [0.5, 0.6) is 0 Å². The molecule has 13 heteroatoms. The van der Waals surface area contributed by atoms with Gasteiger partial charge in [-0.2, -0.15) is 0 Å². The van der Waals surface area contributed by atoms with E-state index in [2.05, 4.69) is 25.6 Å². The number of nitrogens with zero attached hydrogens (tertiary/aromatic N) is 2. The summed E-state index contributed by atoms with van der Waals surface area (Å²) < 4.78 is 0. The highest BCUT2D eigenvalue weighted by Gasteiger charge is 2.35. The SMILES string of the molecule is Cc1cc(C(=O)N[C@@H]2CCCNC2=O)ncc1-c1ccc(C[C@H](N)C(=O)N(C(=O)C2CCC(CN)CC2)c2ccc3[nH]c(=O)[nH]c3c2)cc1. The Kier molecular flexibility index (Phi) is 10.0. The highest BCUT2D eigenvalue weighted by atomic mass is 16.2. The monoisotopic (exact) mass is 666 g/mol. The number of hydrogen-bond donors (Lipinski definition) is 6. The number of nitrogens with one attached hydrogen (secondary N) is 4. The van der Waals surface area contributed by atoms with Crippen molar-refractivity contribution >= 4 is 40.3 Å². The highest BCUT2D eigenvalue weighted by molar-refractivity contribution is 6.17. The van der Waals surface area contributed by atoms with E-state index in [1.807, 2.05) is 31.2 Å². The fraction of sp³-hybridized carbons (Fsp3) is 0.389. The zero-order chi connectivity index (χ0) is 34.7. The van der Waals surface area contributed by atoms with Gasteiger partial charge in [0.25, 0.3) is 11.8 Å². The van der Waals surface area contributed by atoms with Gasteiger partial charge in [0.1, 0.15) is 11.7 Å². The van der Waals surface area contributed by atoms with Crippen LogP contribution in [-0.4, -0.2) is 63.8 Å². The molecule has 0 spiro atoms. The van der Waals surface area contributed by atoms with Crippen molar-refractivity contribution in [3.05, 3.63) is 82.0 Å². The Balaban J connectivity index is 1.16. The Bertz CT molecular complexity index is 1930. The number of carbonyl (C=O) groups excluding carboxylic acids is 4. The summed E-state index contributed by atoms with van der Waals surface area (Å²) in [5.74, 6) is -1.37. The van der Waals surface area contributed by atoms with Gasteiger partial charge in [-0.15, -0.1) is 0 Å². The third kappa shape index (κ3) is 7.47. The van der Waals surface area contributed by atoms with Crippen molar-refractivity contribution in [2.75, 3.05) is 18.0 Å². The summed E-state index contributed by atoms with van der Waals surface area (Å²) >= 11 is 0. The van der Waals surface area contributed by atoms with Crippen molar-refractivity contribution in [1.29, 1.82) is 0 Å². The van der Waals surface area contributed by atoms with Crippen molar-refractivity contribution in [1.82, 2.24) is 25.6 Å². The Hall–Kier alpha value is -5.14. The average Bonchev–Trinajstić information content (AvgIpc) is 3.49. The topological polar surface area (TPSA) is 209 Å².